The summed E-state index contributed by atoms with van der Waals surface area (Å²) in [7, 11) is 0. The van der Waals surface area contributed by atoms with E-state index in [2.05, 4.69) is 37.5 Å². The predicted molar refractivity (Wildman–Crippen MR) is 86.0 cm³/mol. The molecule has 22 heavy (non-hydrogen) atoms. The molecule has 0 radical (unpaired) electrons. The molecular formula is C16H36O5Ti. The van der Waals surface area contributed by atoms with Gasteiger partial charge in [0.05, 0.1) is 12.7 Å². The Morgan fingerprint density at radius 3 is 1.55 bits per heavy atom. The third-order valence-electron chi connectivity index (χ3n) is 2.75. The van der Waals surface area contributed by atoms with E-state index < -0.39 is 0 Å². The molecule has 0 aliphatic heterocycles. The zero-order valence-electron chi connectivity index (χ0n) is 14.8. The van der Waals surface area contributed by atoms with Crippen LogP contribution in [0.15, 0.2) is 0 Å². The standard InChI is InChI=1S/C8H18O4.2C4H9.O.Ti/c1-3-5-8(12-10)7(4-2)6-11-9;2*1-3-4-2;;/h7-10H,3-6H2,1-2H3;2*1,3-4H2,2H3;;/q;2*-1;;+2. The zero-order valence-corrected chi connectivity index (χ0v) is 16.4. The van der Waals surface area contributed by atoms with Crippen LogP contribution in [0.1, 0.15) is 72.6 Å². The van der Waals surface area contributed by atoms with Crippen molar-refractivity contribution < 1.29 is 44.0 Å². The van der Waals surface area contributed by atoms with Crippen LogP contribution in [0.4, 0.5) is 0 Å². The van der Waals surface area contributed by atoms with Crippen LogP contribution in [0.25, 0.3) is 0 Å². The first-order valence-electron chi connectivity index (χ1n) is 7.98. The van der Waals surface area contributed by atoms with Crippen molar-refractivity contribution in [3.8, 4) is 0 Å². The van der Waals surface area contributed by atoms with Crippen molar-refractivity contribution in [2.45, 2.75) is 78.7 Å². The van der Waals surface area contributed by atoms with Crippen LogP contribution in [0.3, 0.4) is 0 Å². The van der Waals surface area contributed by atoms with Gasteiger partial charge in [0, 0.05) is 5.92 Å². The van der Waals surface area contributed by atoms with Crippen LogP contribution in [0.2, 0.25) is 0 Å². The van der Waals surface area contributed by atoms with E-state index in [0.717, 1.165) is 52.5 Å². The normalized spacial score (nSPS) is 11.7. The van der Waals surface area contributed by atoms with Crippen molar-refractivity contribution in [2.24, 2.45) is 5.92 Å². The van der Waals surface area contributed by atoms with Gasteiger partial charge in [-0.1, -0.05) is 47.0 Å². The minimum atomic E-state index is -0.229. The summed E-state index contributed by atoms with van der Waals surface area (Å²) in [6, 6.07) is 0. The summed E-state index contributed by atoms with van der Waals surface area (Å²) >= 11 is 0.750. The molecule has 0 aromatic carbocycles. The molecule has 0 saturated carbocycles. The molecule has 6 heteroatoms. The number of hydrogen-bond acceptors (Lipinski definition) is 5. The summed E-state index contributed by atoms with van der Waals surface area (Å²) in [5.41, 5.74) is 0. The molecule has 134 valence electrons. The Kier molecular flexibility index (Phi) is 45.5. The average Bonchev–Trinajstić information content (AvgIpc) is 2.60. The third kappa shape index (κ3) is 28.5. The van der Waals surface area contributed by atoms with E-state index >= 15 is 0 Å². The van der Waals surface area contributed by atoms with Crippen LogP contribution >= 0.6 is 0 Å². The molecule has 0 aromatic heterocycles. The van der Waals surface area contributed by atoms with Gasteiger partial charge in [-0.05, 0) is 12.8 Å². The first-order chi connectivity index (χ1) is 10.6. The first kappa shape index (κ1) is 30.3. The number of unbranched alkanes of at least 4 members (excludes halogenated alkanes) is 2. The van der Waals surface area contributed by atoms with E-state index in [1.54, 1.807) is 0 Å². The Labute approximate surface area is 149 Å². The van der Waals surface area contributed by atoms with Crippen LogP contribution in [-0.4, -0.2) is 23.2 Å². The first-order valence-corrected chi connectivity index (χ1v) is 8.62. The Balaban J connectivity index is -0.000000133. The van der Waals surface area contributed by atoms with Crippen molar-refractivity contribution in [1.82, 2.24) is 0 Å². The molecule has 0 fully saturated rings. The average molecular weight is 356 g/mol. The molecule has 0 heterocycles. The number of rotatable bonds is 9. The van der Waals surface area contributed by atoms with E-state index in [-0.39, 0.29) is 18.6 Å². The van der Waals surface area contributed by atoms with Crippen LogP contribution < -0.4 is 0 Å². The summed E-state index contributed by atoms with van der Waals surface area (Å²) in [5.74, 6) is 0.0555. The second kappa shape index (κ2) is 33.1. The van der Waals surface area contributed by atoms with Crippen LogP contribution in [-0.2, 0) is 33.5 Å². The van der Waals surface area contributed by atoms with Gasteiger partial charge in [-0.15, -0.1) is 0 Å². The fraction of sp³-hybridized carbons (Fsp3) is 0.875. The molecule has 0 aliphatic rings. The molecule has 2 atom stereocenters. The zero-order chi connectivity index (χ0) is 18.2. The van der Waals surface area contributed by atoms with Crippen molar-refractivity contribution in [3.63, 3.8) is 0 Å². The van der Waals surface area contributed by atoms with Gasteiger partial charge in [0.25, 0.3) is 0 Å². The summed E-state index contributed by atoms with van der Waals surface area (Å²) < 4.78 is 8.25. The fourth-order valence-electron chi connectivity index (χ4n) is 1.24. The van der Waals surface area contributed by atoms with Gasteiger partial charge in [-0.2, -0.15) is 12.8 Å². The molecule has 0 rings (SSSR count). The monoisotopic (exact) mass is 356 g/mol. The van der Waals surface area contributed by atoms with Gasteiger partial charge in [0.2, 0.25) is 0 Å². The van der Waals surface area contributed by atoms with Crippen molar-refractivity contribution in [2.75, 3.05) is 6.61 Å². The van der Waals surface area contributed by atoms with Crippen LogP contribution in [0, 0.1) is 19.8 Å². The van der Waals surface area contributed by atoms with Gasteiger partial charge in [0.1, 0.15) is 0 Å². The number of hydrogen-bond donors (Lipinski definition) is 2. The Hall–Kier alpha value is 0.354. The third-order valence-corrected chi connectivity index (χ3v) is 2.75. The summed E-state index contributed by atoms with van der Waals surface area (Å²) in [6.07, 6.45) is 6.85. The molecule has 5 nitrogen and oxygen atoms in total. The second-order valence-electron chi connectivity index (χ2n) is 4.60. The SMILES string of the molecule is CCCC(OO)C(CC)COO.[CH2-]CCC.[CH2-]CCC.[O]=[Ti+2]. The van der Waals surface area contributed by atoms with E-state index in [1.165, 1.54) is 12.8 Å². The molecule has 2 N–H and O–H groups in total. The van der Waals surface area contributed by atoms with Gasteiger partial charge in [-0.3, -0.25) is 10.5 Å². The Bertz CT molecular complexity index is 141. The maximum atomic E-state index is 8.55. The predicted octanol–water partition coefficient (Wildman–Crippen LogP) is 5.28. The maximum absolute atomic E-state index is 8.55. The Morgan fingerprint density at radius 1 is 0.955 bits per heavy atom. The minimum absolute atomic E-state index is 0.0555. The molecule has 0 aromatic rings. The quantitative estimate of drug-likeness (QED) is 0.254. The van der Waals surface area contributed by atoms with Gasteiger partial charge in [-0.25, -0.2) is 9.78 Å². The topological polar surface area (TPSA) is 76.0 Å². The van der Waals surface area contributed by atoms with Crippen LogP contribution in [0.5, 0.6) is 0 Å². The van der Waals surface area contributed by atoms with Crippen molar-refractivity contribution in [3.05, 3.63) is 13.8 Å². The van der Waals surface area contributed by atoms with Gasteiger partial charge >= 0.3 is 23.7 Å². The van der Waals surface area contributed by atoms with E-state index in [1.807, 2.05) is 13.8 Å². The molecule has 0 aliphatic carbocycles. The molecule has 0 amide bonds. The molecule has 0 spiro atoms. The molecule has 0 bridgehead atoms. The summed E-state index contributed by atoms with van der Waals surface area (Å²) in [5, 5.41) is 16.8. The fourth-order valence-corrected chi connectivity index (χ4v) is 1.24. The van der Waals surface area contributed by atoms with Crippen molar-refractivity contribution >= 4 is 0 Å². The molecule has 2 unspecified atom stereocenters. The van der Waals surface area contributed by atoms with E-state index in [0.29, 0.717) is 0 Å². The van der Waals surface area contributed by atoms with Crippen molar-refractivity contribution in [1.29, 1.82) is 0 Å². The second-order valence-corrected chi connectivity index (χ2v) is 4.60. The van der Waals surface area contributed by atoms with E-state index in [9.17, 15) is 0 Å². The van der Waals surface area contributed by atoms with E-state index in [4.69, 9.17) is 13.8 Å². The molecule has 0 saturated heterocycles. The Morgan fingerprint density at radius 2 is 1.36 bits per heavy atom. The summed E-state index contributed by atoms with van der Waals surface area (Å²) in [4.78, 5) is 8.34. The van der Waals surface area contributed by atoms with Gasteiger partial charge < -0.3 is 13.8 Å². The van der Waals surface area contributed by atoms with Gasteiger partial charge in [0.15, 0.2) is 0 Å². The molecular weight excluding hydrogens is 320 g/mol. The summed E-state index contributed by atoms with van der Waals surface area (Å²) in [6.45, 7) is 15.6.